The molecule has 0 aromatic carbocycles. The number of rotatable bonds is 5. The van der Waals surface area contributed by atoms with Gasteiger partial charge in [0.15, 0.2) is 0 Å². The van der Waals surface area contributed by atoms with Crippen LogP contribution in [-0.4, -0.2) is 35.6 Å². The number of carboxylic acids is 1. The molecule has 0 saturated carbocycles. The normalized spacial score (nSPS) is 26.4. The first-order valence-electron chi connectivity index (χ1n) is 5.76. The monoisotopic (exact) mass is 228 g/mol. The summed E-state index contributed by atoms with van der Waals surface area (Å²) in [5, 5.41) is 14.5. The van der Waals surface area contributed by atoms with Gasteiger partial charge in [-0.2, -0.15) is 0 Å². The number of carbonyl (C=O) groups is 2. The van der Waals surface area contributed by atoms with E-state index in [1.807, 2.05) is 13.8 Å². The van der Waals surface area contributed by atoms with Crippen molar-refractivity contribution in [2.24, 2.45) is 5.92 Å². The van der Waals surface area contributed by atoms with Gasteiger partial charge in [-0.3, -0.25) is 9.59 Å². The van der Waals surface area contributed by atoms with Crippen molar-refractivity contribution >= 4 is 11.9 Å². The van der Waals surface area contributed by atoms with Crippen molar-refractivity contribution in [2.45, 2.75) is 45.2 Å². The fourth-order valence-electron chi connectivity index (χ4n) is 1.93. The molecule has 1 amide bonds. The molecule has 0 aliphatic carbocycles. The van der Waals surface area contributed by atoms with Crippen molar-refractivity contribution < 1.29 is 14.7 Å². The molecule has 3 atom stereocenters. The maximum Gasteiger partial charge on any atom is 0.303 e. The van der Waals surface area contributed by atoms with Crippen LogP contribution in [-0.2, 0) is 9.59 Å². The molecular formula is C11H20N2O3. The van der Waals surface area contributed by atoms with Crippen molar-refractivity contribution in [2.75, 3.05) is 6.54 Å². The van der Waals surface area contributed by atoms with Gasteiger partial charge >= 0.3 is 5.97 Å². The highest BCUT2D eigenvalue weighted by Gasteiger charge is 2.29. The Balaban J connectivity index is 2.30. The van der Waals surface area contributed by atoms with Gasteiger partial charge in [-0.05, 0) is 32.2 Å². The maximum absolute atomic E-state index is 11.8. The van der Waals surface area contributed by atoms with Gasteiger partial charge < -0.3 is 15.7 Å². The van der Waals surface area contributed by atoms with E-state index >= 15 is 0 Å². The molecule has 1 fully saturated rings. The molecule has 0 bridgehead atoms. The maximum atomic E-state index is 11.8. The van der Waals surface area contributed by atoms with E-state index in [0.29, 0.717) is 12.3 Å². The van der Waals surface area contributed by atoms with Gasteiger partial charge in [-0.25, -0.2) is 0 Å². The summed E-state index contributed by atoms with van der Waals surface area (Å²) in [7, 11) is 0. The van der Waals surface area contributed by atoms with Crippen LogP contribution < -0.4 is 10.6 Å². The van der Waals surface area contributed by atoms with Gasteiger partial charge in [-0.1, -0.05) is 6.92 Å². The summed E-state index contributed by atoms with van der Waals surface area (Å²) in [4.78, 5) is 22.2. The Kier molecular flexibility index (Phi) is 4.73. The van der Waals surface area contributed by atoms with Crippen molar-refractivity contribution in [3.05, 3.63) is 0 Å². The molecule has 3 N–H and O–H groups in total. The largest absolute Gasteiger partial charge is 0.481 e. The summed E-state index contributed by atoms with van der Waals surface area (Å²) < 4.78 is 0. The van der Waals surface area contributed by atoms with Crippen LogP contribution in [0.25, 0.3) is 0 Å². The van der Waals surface area contributed by atoms with Gasteiger partial charge in [0.2, 0.25) is 5.91 Å². The van der Waals surface area contributed by atoms with Gasteiger partial charge in [0, 0.05) is 12.5 Å². The van der Waals surface area contributed by atoms with Gasteiger partial charge in [0.1, 0.15) is 0 Å². The molecule has 0 aromatic rings. The Morgan fingerprint density at radius 2 is 2.25 bits per heavy atom. The Morgan fingerprint density at radius 1 is 1.56 bits per heavy atom. The van der Waals surface area contributed by atoms with E-state index in [2.05, 4.69) is 10.6 Å². The molecule has 16 heavy (non-hydrogen) atoms. The summed E-state index contributed by atoms with van der Waals surface area (Å²) in [6.07, 6.45) is 1.58. The molecule has 5 nitrogen and oxygen atoms in total. The number of amides is 1. The minimum atomic E-state index is -0.826. The molecule has 5 heteroatoms. The number of carboxylic acid groups (broad SMARTS) is 1. The molecule has 0 radical (unpaired) electrons. The van der Waals surface area contributed by atoms with Crippen LogP contribution in [0.15, 0.2) is 0 Å². The van der Waals surface area contributed by atoms with Crippen LogP contribution in [0.2, 0.25) is 0 Å². The minimum Gasteiger partial charge on any atom is -0.481 e. The number of aliphatic carboxylic acids is 1. The lowest BCUT2D eigenvalue weighted by atomic mass is 10.0. The quantitative estimate of drug-likeness (QED) is 0.634. The third kappa shape index (κ3) is 3.81. The topological polar surface area (TPSA) is 78.4 Å². The molecule has 0 spiro atoms. The Morgan fingerprint density at radius 3 is 2.75 bits per heavy atom. The van der Waals surface area contributed by atoms with Crippen LogP contribution in [0.4, 0.5) is 0 Å². The first kappa shape index (κ1) is 13.0. The molecule has 1 aliphatic rings. The van der Waals surface area contributed by atoms with Crippen molar-refractivity contribution in [3.63, 3.8) is 0 Å². The second-order valence-corrected chi connectivity index (χ2v) is 4.54. The second-order valence-electron chi connectivity index (χ2n) is 4.54. The van der Waals surface area contributed by atoms with E-state index in [0.717, 1.165) is 13.0 Å². The highest BCUT2D eigenvalue weighted by Crippen LogP contribution is 2.14. The van der Waals surface area contributed by atoms with Crippen LogP contribution in [0.1, 0.15) is 33.1 Å². The zero-order valence-corrected chi connectivity index (χ0v) is 9.82. The summed E-state index contributed by atoms with van der Waals surface area (Å²) in [5.74, 6) is -0.483. The summed E-state index contributed by atoms with van der Waals surface area (Å²) in [5.41, 5.74) is 0. The predicted molar refractivity (Wildman–Crippen MR) is 60.0 cm³/mol. The zero-order valence-electron chi connectivity index (χ0n) is 9.82. The van der Waals surface area contributed by atoms with E-state index in [-0.39, 0.29) is 24.4 Å². The Labute approximate surface area is 95.6 Å². The highest BCUT2D eigenvalue weighted by molar-refractivity contribution is 5.82. The number of carbonyl (C=O) groups excluding carboxylic acids is 1. The van der Waals surface area contributed by atoms with E-state index in [9.17, 15) is 9.59 Å². The predicted octanol–water partition coefficient (Wildman–Crippen LogP) is 0.354. The number of hydrogen-bond acceptors (Lipinski definition) is 3. The number of nitrogens with one attached hydrogen (secondary N) is 2. The molecular weight excluding hydrogens is 208 g/mol. The summed E-state index contributed by atoms with van der Waals surface area (Å²) >= 11 is 0. The summed E-state index contributed by atoms with van der Waals surface area (Å²) in [6.45, 7) is 4.76. The molecule has 92 valence electrons. The van der Waals surface area contributed by atoms with Gasteiger partial charge in [0.25, 0.3) is 0 Å². The highest BCUT2D eigenvalue weighted by atomic mass is 16.4. The molecule has 0 aromatic heterocycles. The third-order valence-corrected chi connectivity index (χ3v) is 3.00. The van der Waals surface area contributed by atoms with Crippen LogP contribution in [0, 0.1) is 5.92 Å². The third-order valence-electron chi connectivity index (χ3n) is 3.00. The van der Waals surface area contributed by atoms with Crippen molar-refractivity contribution in [1.82, 2.24) is 10.6 Å². The molecule has 1 aliphatic heterocycles. The molecule has 1 rings (SSSR count). The standard InChI is InChI=1S/C11H20N2O3/c1-7-5-6-12-10(7)11(16)13-8(2)3-4-9(14)15/h7-8,10,12H,3-6H2,1-2H3,(H,13,16)(H,14,15). The SMILES string of the molecule is CC(CCC(=O)O)NC(=O)C1NCCC1C. The van der Waals surface area contributed by atoms with Crippen LogP contribution in [0.5, 0.6) is 0 Å². The molecule has 3 unspecified atom stereocenters. The van der Waals surface area contributed by atoms with Crippen molar-refractivity contribution in [3.8, 4) is 0 Å². The average Bonchev–Trinajstić information content (AvgIpc) is 2.61. The first-order valence-corrected chi connectivity index (χ1v) is 5.76. The lowest BCUT2D eigenvalue weighted by molar-refractivity contribution is -0.137. The molecule has 1 saturated heterocycles. The lowest BCUT2D eigenvalue weighted by Gasteiger charge is -2.19. The van der Waals surface area contributed by atoms with E-state index in [1.54, 1.807) is 0 Å². The Hall–Kier alpha value is -1.10. The second kappa shape index (κ2) is 5.84. The van der Waals surface area contributed by atoms with E-state index < -0.39 is 5.97 Å². The average molecular weight is 228 g/mol. The van der Waals surface area contributed by atoms with Crippen LogP contribution in [0.3, 0.4) is 0 Å². The van der Waals surface area contributed by atoms with Crippen molar-refractivity contribution in [1.29, 1.82) is 0 Å². The van der Waals surface area contributed by atoms with Crippen LogP contribution >= 0.6 is 0 Å². The smallest absolute Gasteiger partial charge is 0.303 e. The minimum absolute atomic E-state index is 0.0112. The summed E-state index contributed by atoms with van der Waals surface area (Å²) in [6, 6.07) is -0.203. The lowest BCUT2D eigenvalue weighted by Crippen LogP contribution is -2.46. The number of hydrogen-bond donors (Lipinski definition) is 3. The fourth-order valence-corrected chi connectivity index (χ4v) is 1.93. The first-order chi connectivity index (χ1) is 7.50. The zero-order chi connectivity index (χ0) is 12.1. The molecule has 1 heterocycles. The van der Waals surface area contributed by atoms with E-state index in [4.69, 9.17) is 5.11 Å². The van der Waals surface area contributed by atoms with Gasteiger partial charge in [-0.15, -0.1) is 0 Å². The van der Waals surface area contributed by atoms with E-state index in [1.165, 1.54) is 0 Å². The fraction of sp³-hybridized carbons (Fsp3) is 0.818. The van der Waals surface area contributed by atoms with Gasteiger partial charge in [0.05, 0.1) is 6.04 Å². The Bertz CT molecular complexity index is 268.